The van der Waals surface area contributed by atoms with Gasteiger partial charge in [0.2, 0.25) is 0 Å². The van der Waals surface area contributed by atoms with E-state index in [0.29, 0.717) is 0 Å². The smallest absolute Gasteiger partial charge is 0.0352 e. The molecule has 2 aromatic heterocycles. The second kappa shape index (κ2) is 3.50. The summed E-state index contributed by atoms with van der Waals surface area (Å²) < 4.78 is 0. The zero-order chi connectivity index (χ0) is 11.9. The summed E-state index contributed by atoms with van der Waals surface area (Å²) in [6.07, 6.45) is 7.56. The van der Waals surface area contributed by atoms with E-state index in [4.69, 9.17) is 0 Å². The molecule has 2 heteroatoms. The number of aromatic nitrogens is 2. The summed E-state index contributed by atoms with van der Waals surface area (Å²) in [4.78, 5) is 8.50. The highest BCUT2D eigenvalue weighted by molar-refractivity contribution is 6.24. The minimum Gasteiger partial charge on any atom is -0.264 e. The summed E-state index contributed by atoms with van der Waals surface area (Å²) in [5, 5.41) is 7.35. The number of nitrogens with zero attached hydrogens (tertiary/aromatic N) is 2. The average molecular weight is 230 g/mol. The first-order valence-corrected chi connectivity index (χ1v) is 5.93. The minimum absolute atomic E-state index is 1.19. The standard InChI is InChI=1S/C16H10N2/c1-2-4-12-11(3-1)13-5-7-17-10-16(13)14-6-8-18-9-15(12)14/h1-10H. The molecule has 0 unspecified atom stereocenters. The molecule has 0 aliphatic heterocycles. The molecule has 0 aliphatic carbocycles. The van der Waals surface area contributed by atoms with E-state index in [1.807, 2.05) is 24.8 Å². The third-order valence-electron chi connectivity index (χ3n) is 3.44. The SMILES string of the molecule is c1ccc2c(c1)c1ccncc1c1ccncc21. The van der Waals surface area contributed by atoms with Crippen molar-refractivity contribution in [2.75, 3.05) is 0 Å². The van der Waals surface area contributed by atoms with Crippen molar-refractivity contribution in [3.63, 3.8) is 0 Å². The second-order valence-electron chi connectivity index (χ2n) is 4.39. The first-order valence-electron chi connectivity index (χ1n) is 5.93. The van der Waals surface area contributed by atoms with Crippen LogP contribution in [0.4, 0.5) is 0 Å². The van der Waals surface area contributed by atoms with Gasteiger partial charge in [0.1, 0.15) is 0 Å². The minimum atomic E-state index is 1.19. The first kappa shape index (κ1) is 9.54. The van der Waals surface area contributed by atoms with Crippen molar-refractivity contribution in [3.8, 4) is 0 Å². The number of rotatable bonds is 0. The molecule has 18 heavy (non-hydrogen) atoms. The molecule has 4 aromatic rings. The van der Waals surface area contributed by atoms with Gasteiger partial charge in [0, 0.05) is 35.6 Å². The molecule has 0 saturated carbocycles. The average Bonchev–Trinajstić information content (AvgIpc) is 2.48. The third kappa shape index (κ3) is 1.17. The maximum absolute atomic E-state index is 4.25. The highest BCUT2D eigenvalue weighted by atomic mass is 14.6. The molecule has 2 nitrogen and oxygen atoms in total. The quantitative estimate of drug-likeness (QED) is 0.428. The fourth-order valence-corrected chi connectivity index (χ4v) is 2.64. The van der Waals surface area contributed by atoms with Gasteiger partial charge >= 0.3 is 0 Å². The predicted octanol–water partition coefficient (Wildman–Crippen LogP) is 3.94. The monoisotopic (exact) mass is 230 g/mol. The van der Waals surface area contributed by atoms with Crippen LogP contribution in [-0.2, 0) is 0 Å². The first-order chi connectivity index (χ1) is 8.95. The van der Waals surface area contributed by atoms with Crippen molar-refractivity contribution in [3.05, 3.63) is 61.2 Å². The van der Waals surface area contributed by atoms with E-state index < -0.39 is 0 Å². The molecule has 0 spiro atoms. The topological polar surface area (TPSA) is 25.8 Å². The fraction of sp³-hybridized carbons (Fsp3) is 0. The van der Waals surface area contributed by atoms with Crippen molar-refractivity contribution in [2.45, 2.75) is 0 Å². The lowest BCUT2D eigenvalue weighted by atomic mass is 9.97. The van der Waals surface area contributed by atoms with Crippen LogP contribution >= 0.6 is 0 Å². The van der Waals surface area contributed by atoms with E-state index in [9.17, 15) is 0 Å². The number of fused-ring (bicyclic) bond motifs is 6. The van der Waals surface area contributed by atoms with Crippen molar-refractivity contribution in [1.82, 2.24) is 9.97 Å². The van der Waals surface area contributed by atoms with Gasteiger partial charge in [0.05, 0.1) is 0 Å². The highest BCUT2D eigenvalue weighted by Gasteiger charge is 2.07. The van der Waals surface area contributed by atoms with Gasteiger partial charge in [-0.1, -0.05) is 24.3 Å². The second-order valence-corrected chi connectivity index (χ2v) is 4.39. The Morgan fingerprint density at radius 3 is 1.56 bits per heavy atom. The van der Waals surface area contributed by atoms with Crippen LogP contribution in [0.1, 0.15) is 0 Å². The summed E-state index contributed by atoms with van der Waals surface area (Å²) in [6, 6.07) is 12.6. The molecule has 0 N–H and O–H groups in total. The summed E-state index contributed by atoms with van der Waals surface area (Å²) >= 11 is 0. The molecule has 4 rings (SSSR count). The zero-order valence-electron chi connectivity index (χ0n) is 9.67. The molecule has 84 valence electrons. The van der Waals surface area contributed by atoms with Crippen molar-refractivity contribution in [2.24, 2.45) is 0 Å². The summed E-state index contributed by atoms with van der Waals surface area (Å²) in [5.74, 6) is 0. The summed E-state index contributed by atoms with van der Waals surface area (Å²) in [7, 11) is 0. The molecule has 0 fully saturated rings. The Balaban J connectivity index is 2.46. The van der Waals surface area contributed by atoms with Crippen molar-refractivity contribution in [1.29, 1.82) is 0 Å². The van der Waals surface area contributed by atoms with Crippen LogP contribution in [-0.4, -0.2) is 9.97 Å². The van der Waals surface area contributed by atoms with Crippen LogP contribution in [0.25, 0.3) is 32.3 Å². The van der Waals surface area contributed by atoms with Crippen molar-refractivity contribution >= 4 is 32.3 Å². The van der Waals surface area contributed by atoms with Gasteiger partial charge in [-0.2, -0.15) is 0 Å². The molecule has 0 radical (unpaired) electrons. The third-order valence-corrected chi connectivity index (χ3v) is 3.44. The van der Waals surface area contributed by atoms with Gasteiger partial charge in [0.15, 0.2) is 0 Å². The Bertz CT molecular complexity index is 661. The predicted molar refractivity (Wildman–Crippen MR) is 74.6 cm³/mol. The Morgan fingerprint density at radius 1 is 0.500 bits per heavy atom. The molecular weight excluding hydrogens is 220 g/mol. The van der Waals surface area contributed by atoms with Gasteiger partial charge in [-0.15, -0.1) is 0 Å². The fourth-order valence-electron chi connectivity index (χ4n) is 2.64. The zero-order valence-corrected chi connectivity index (χ0v) is 9.67. The van der Waals surface area contributed by atoms with Crippen LogP contribution in [0.3, 0.4) is 0 Å². The number of hydrogen-bond donors (Lipinski definition) is 0. The molecule has 0 saturated heterocycles. The Hall–Kier alpha value is -2.48. The Kier molecular flexibility index (Phi) is 1.86. The molecule has 0 atom stereocenters. The van der Waals surface area contributed by atoms with Gasteiger partial charge in [-0.25, -0.2) is 0 Å². The molecule has 2 heterocycles. The van der Waals surface area contributed by atoms with Gasteiger partial charge < -0.3 is 0 Å². The van der Waals surface area contributed by atoms with Gasteiger partial charge in [-0.05, 0) is 33.7 Å². The highest BCUT2D eigenvalue weighted by Crippen LogP contribution is 2.33. The van der Waals surface area contributed by atoms with Crippen LogP contribution in [0, 0.1) is 0 Å². The van der Waals surface area contributed by atoms with E-state index in [1.54, 1.807) is 0 Å². The van der Waals surface area contributed by atoms with Crippen LogP contribution in [0.5, 0.6) is 0 Å². The van der Waals surface area contributed by atoms with E-state index in [1.165, 1.54) is 32.3 Å². The van der Waals surface area contributed by atoms with E-state index in [0.717, 1.165) is 0 Å². The van der Waals surface area contributed by atoms with Crippen LogP contribution in [0.15, 0.2) is 61.2 Å². The lowest BCUT2D eigenvalue weighted by Gasteiger charge is -2.08. The molecule has 0 aliphatic rings. The summed E-state index contributed by atoms with van der Waals surface area (Å²) in [5.41, 5.74) is 0. The summed E-state index contributed by atoms with van der Waals surface area (Å²) in [6.45, 7) is 0. The molecule has 2 aromatic carbocycles. The van der Waals surface area contributed by atoms with E-state index in [-0.39, 0.29) is 0 Å². The van der Waals surface area contributed by atoms with E-state index in [2.05, 4.69) is 46.4 Å². The maximum atomic E-state index is 4.25. The maximum Gasteiger partial charge on any atom is 0.0352 e. The Morgan fingerprint density at radius 2 is 0.944 bits per heavy atom. The van der Waals surface area contributed by atoms with Gasteiger partial charge in [-0.3, -0.25) is 9.97 Å². The van der Waals surface area contributed by atoms with Crippen molar-refractivity contribution < 1.29 is 0 Å². The van der Waals surface area contributed by atoms with Gasteiger partial charge in [0.25, 0.3) is 0 Å². The number of pyridine rings is 2. The molecule has 0 amide bonds. The van der Waals surface area contributed by atoms with Crippen LogP contribution in [0.2, 0.25) is 0 Å². The Labute approximate surface area is 104 Å². The number of hydrogen-bond acceptors (Lipinski definition) is 2. The van der Waals surface area contributed by atoms with Crippen LogP contribution < -0.4 is 0 Å². The molecule has 0 bridgehead atoms. The lowest BCUT2D eigenvalue weighted by Crippen LogP contribution is -1.84. The lowest BCUT2D eigenvalue weighted by molar-refractivity contribution is 1.36. The molecular formula is C16H10N2. The largest absolute Gasteiger partial charge is 0.264 e. The van der Waals surface area contributed by atoms with E-state index >= 15 is 0 Å². The normalized spacial score (nSPS) is 11.3. The number of benzene rings is 2.